The highest BCUT2D eigenvalue weighted by Crippen LogP contribution is 2.12. The average molecular weight is 201 g/mol. The van der Waals surface area contributed by atoms with Crippen LogP contribution in [0.1, 0.15) is 47.5 Å². The molecule has 0 fully saturated rings. The highest BCUT2D eigenvalue weighted by Gasteiger charge is 2.16. The van der Waals surface area contributed by atoms with Crippen LogP contribution in [0.2, 0.25) is 0 Å². The van der Waals surface area contributed by atoms with Crippen molar-refractivity contribution in [2.24, 2.45) is 11.8 Å². The molecule has 0 saturated carbocycles. The third-order valence-electron chi connectivity index (χ3n) is 3.24. The van der Waals surface area contributed by atoms with E-state index in [0.717, 1.165) is 19.4 Å². The van der Waals surface area contributed by atoms with Crippen LogP contribution >= 0.6 is 0 Å². The van der Waals surface area contributed by atoms with Gasteiger partial charge in [-0.3, -0.25) is 0 Å². The van der Waals surface area contributed by atoms with Gasteiger partial charge < -0.3 is 10.4 Å². The Hall–Kier alpha value is -0.0800. The van der Waals surface area contributed by atoms with Crippen LogP contribution in [0, 0.1) is 11.8 Å². The van der Waals surface area contributed by atoms with Gasteiger partial charge in [-0.25, -0.2) is 0 Å². The molecule has 0 spiro atoms. The van der Waals surface area contributed by atoms with Crippen molar-refractivity contribution < 1.29 is 5.11 Å². The first kappa shape index (κ1) is 13.9. The van der Waals surface area contributed by atoms with E-state index >= 15 is 0 Å². The predicted octanol–water partition coefficient (Wildman–Crippen LogP) is 2.42. The van der Waals surface area contributed by atoms with E-state index in [9.17, 15) is 5.11 Å². The third kappa shape index (κ3) is 4.97. The summed E-state index contributed by atoms with van der Waals surface area (Å²) < 4.78 is 0. The van der Waals surface area contributed by atoms with Crippen molar-refractivity contribution in [1.82, 2.24) is 5.32 Å². The van der Waals surface area contributed by atoms with Gasteiger partial charge in [-0.2, -0.15) is 0 Å². The van der Waals surface area contributed by atoms with Crippen molar-refractivity contribution in [3.8, 4) is 0 Å². The molecule has 14 heavy (non-hydrogen) atoms. The Bertz CT molecular complexity index is 132. The molecule has 86 valence electrons. The van der Waals surface area contributed by atoms with Crippen LogP contribution in [0.4, 0.5) is 0 Å². The molecule has 2 unspecified atom stereocenters. The van der Waals surface area contributed by atoms with Gasteiger partial charge in [0.1, 0.15) is 0 Å². The average Bonchev–Trinajstić information content (AvgIpc) is 2.15. The summed E-state index contributed by atoms with van der Waals surface area (Å²) in [4.78, 5) is 0. The first-order chi connectivity index (χ1) is 6.52. The van der Waals surface area contributed by atoms with Gasteiger partial charge in [-0.1, -0.05) is 40.5 Å². The minimum Gasteiger partial charge on any atom is -0.392 e. The van der Waals surface area contributed by atoms with Crippen LogP contribution in [-0.2, 0) is 0 Å². The Morgan fingerprint density at radius 3 is 1.93 bits per heavy atom. The highest BCUT2D eigenvalue weighted by molar-refractivity contribution is 4.72. The molecular formula is C12H27NO. The maximum atomic E-state index is 9.88. The smallest absolute Gasteiger partial charge is 0.0692 e. The second-order valence-electron chi connectivity index (χ2n) is 4.58. The minimum absolute atomic E-state index is 0.189. The van der Waals surface area contributed by atoms with E-state index < -0.39 is 0 Å². The molecule has 2 heteroatoms. The van der Waals surface area contributed by atoms with Gasteiger partial charge in [0.05, 0.1) is 6.10 Å². The molecule has 0 aromatic heterocycles. The van der Waals surface area contributed by atoms with E-state index in [0.29, 0.717) is 17.9 Å². The Labute approximate surface area is 89.1 Å². The van der Waals surface area contributed by atoms with Crippen LogP contribution in [-0.4, -0.2) is 23.8 Å². The van der Waals surface area contributed by atoms with E-state index in [1.54, 1.807) is 0 Å². The molecule has 2 atom stereocenters. The van der Waals surface area contributed by atoms with Crippen LogP contribution in [0.25, 0.3) is 0 Å². The third-order valence-corrected chi connectivity index (χ3v) is 3.24. The summed E-state index contributed by atoms with van der Waals surface area (Å²) in [6.07, 6.45) is 1.94. The number of aliphatic hydroxyl groups excluding tert-OH is 1. The van der Waals surface area contributed by atoms with Gasteiger partial charge in [0.2, 0.25) is 0 Å². The lowest BCUT2D eigenvalue weighted by molar-refractivity contribution is 0.0970. The lowest BCUT2D eigenvalue weighted by atomic mass is 9.96. The van der Waals surface area contributed by atoms with Crippen molar-refractivity contribution in [3.63, 3.8) is 0 Å². The summed E-state index contributed by atoms with van der Waals surface area (Å²) in [6, 6.07) is 0.485. The standard InChI is InChI=1S/C12H27NO/c1-6-11(7-2)12(14)8-13-10(5)9(3)4/h9-14H,6-8H2,1-5H3. The largest absolute Gasteiger partial charge is 0.392 e. The van der Waals surface area contributed by atoms with Crippen molar-refractivity contribution >= 4 is 0 Å². The zero-order valence-corrected chi connectivity index (χ0v) is 10.4. The van der Waals surface area contributed by atoms with Gasteiger partial charge >= 0.3 is 0 Å². The normalized spacial score (nSPS) is 16.3. The summed E-state index contributed by atoms with van der Waals surface area (Å²) in [5, 5.41) is 13.3. The predicted molar refractivity (Wildman–Crippen MR) is 62.4 cm³/mol. The summed E-state index contributed by atoms with van der Waals surface area (Å²) >= 11 is 0. The zero-order valence-electron chi connectivity index (χ0n) is 10.4. The summed E-state index contributed by atoms with van der Waals surface area (Å²) in [5.74, 6) is 1.07. The van der Waals surface area contributed by atoms with Crippen LogP contribution in [0.3, 0.4) is 0 Å². The summed E-state index contributed by atoms with van der Waals surface area (Å²) in [6.45, 7) is 11.6. The number of aliphatic hydroxyl groups is 1. The molecule has 0 aliphatic rings. The molecule has 0 saturated heterocycles. The fourth-order valence-corrected chi connectivity index (χ4v) is 1.54. The first-order valence-electron chi connectivity index (χ1n) is 5.94. The quantitative estimate of drug-likeness (QED) is 0.663. The molecule has 0 aromatic carbocycles. The number of hydrogen-bond acceptors (Lipinski definition) is 2. The van der Waals surface area contributed by atoms with Crippen molar-refractivity contribution in [3.05, 3.63) is 0 Å². The lowest BCUT2D eigenvalue weighted by Gasteiger charge is -2.24. The molecule has 0 amide bonds. The van der Waals surface area contributed by atoms with E-state index in [-0.39, 0.29) is 6.10 Å². The van der Waals surface area contributed by atoms with Crippen molar-refractivity contribution in [2.45, 2.75) is 59.6 Å². The molecule has 2 N–H and O–H groups in total. The Morgan fingerprint density at radius 1 is 1.07 bits per heavy atom. The molecule has 2 nitrogen and oxygen atoms in total. The Kier molecular flexibility index (Phi) is 7.20. The molecule has 0 bridgehead atoms. The number of rotatable bonds is 7. The van der Waals surface area contributed by atoms with E-state index in [4.69, 9.17) is 0 Å². The fourth-order valence-electron chi connectivity index (χ4n) is 1.54. The monoisotopic (exact) mass is 201 g/mol. The van der Waals surface area contributed by atoms with Crippen molar-refractivity contribution in [2.75, 3.05) is 6.54 Å². The lowest BCUT2D eigenvalue weighted by Crippen LogP contribution is -2.39. The van der Waals surface area contributed by atoms with E-state index in [1.165, 1.54) is 0 Å². The zero-order chi connectivity index (χ0) is 11.1. The summed E-state index contributed by atoms with van der Waals surface area (Å²) in [7, 11) is 0. The number of nitrogens with one attached hydrogen (secondary N) is 1. The minimum atomic E-state index is -0.189. The van der Waals surface area contributed by atoms with Crippen LogP contribution in [0.5, 0.6) is 0 Å². The maximum absolute atomic E-state index is 9.88. The van der Waals surface area contributed by atoms with E-state index in [1.807, 2.05) is 0 Å². The second kappa shape index (κ2) is 7.24. The maximum Gasteiger partial charge on any atom is 0.0692 e. The first-order valence-corrected chi connectivity index (χ1v) is 5.94. The molecule has 0 aliphatic heterocycles. The molecule has 0 aromatic rings. The molecule has 0 aliphatic carbocycles. The van der Waals surface area contributed by atoms with Gasteiger partial charge in [0.25, 0.3) is 0 Å². The molecule has 0 radical (unpaired) electrons. The fraction of sp³-hybridized carbons (Fsp3) is 1.00. The Balaban J connectivity index is 3.77. The van der Waals surface area contributed by atoms with Gasteiger partial charge in [0, 0.05) is 12.6 Å². The Morgan fingerprint density at radius 2 is 1.57 bits per heavy atom. The van der Waals surface area contributed by atoms with Crippen LogP contribution in [0.15, 0.2) is 0 Å². The van der Waals surface area contributed by atoms with Gasteiger partial charge in [-0.15, -0.1) is 0 Å². The van der Waals surface area contributed by atoms with E-state index in [2.05, 4.69) is 39.9 Å². The number of hydrogen-bond donors (Lipinski definition) is 2. The topological polar surface area (TPSA) is 32.3 Å². The highest BCUT2D eigenvalue weighted by atomic mass is 16.3. The summed E-state index contributed by atoms with van der Waals surface area (Å²) in [5.41, 5.74) is 0. The van der Waals surface area contributed by atoms with Crippen molar-refractivity contribution in [1.29, 1.82) is 0 Å². The van der Waals surface area contributed by atoms with Gasteiger partial charge in [-0.05, 0) is 18.8 Å². The SMILES string of the molecule is CCC(CC)C(O)CNC(C)C(C)C. The van der Waals surface area contributed by atoms with Crippen LogP contribution < -0.4 is 5.32 Å². The molecular weight excluding hydrogens is 174 g/mol. The van der Waals surface area contributed by atoms with Gasteiger partial charge in [0.15, 0.2) is 0 Å². The molecule has 0 heterocycles. The second-order valence-corrected chi connectivity index (χ2v) is 4.58. The molecule has 0 rings (SSSR count).